The molecule has 1 fully saturated rings. The van der Waals surface area contributed by atoms with E-state index in [-0.39, 0.29) is 18.1 Å². The second-order valence-electron chi connectivity index (χ2n) is 6.45. The highest BCUT2D eigenvalue weighted by molar-refractivity contribution is 5.92. The van der Waals surface area contributed by atoms with E-state index in [0.29, 0.717) is 17.1 Å². The van der Waals surface area contributed by atoms with Crippen LogP contribution in [0.25, 0.3) is 5.82 Å². The lowest BCUT2D eigenvalue weighted by Gasteiger charge is -2.19. The van der Waals surface area contributed by atoms with E-state index in [1.165, 1.54) is 18.5 Å². The maximum atomic E-state index is 13.2. The SMILES string of the molecule is O=C(Cc1cccc(F)c1)Nc1cnn(-c2ncncc2N2CCCC2)c1. The molecule has 1 aliphatic heterocycles. The van der Waals surface area contributed by atoms with E-state index in [4.69, 9.17) is 0 Å². The fraction of sp³-hybridized carbons (Fsp3) is 0.263. The third-order valence-electron chi connectivity index (χ3n) is 4.46. The number of carbonyl (C=O) groups excluding carboxylic acids is 1. The number of amides is 1. The molecule has 0 aliphatic carbocycles. The molecule has 0 atom stereocenters. The van der Waals surface area contributed by atoms with Crippen molar-refractivity contribution in [2.75, 3.05) is 23.3 Å². The summed E-state index contributed by atoms with van der Waals surface area (Å²) < 4.78 is 14.9. The number of nitrogens with zero attached hydrogens (tertiary/aromatic N) is 5. The maximum absolute atomic E-state index is 13.2. The number of halogens is 1. The Balaban J connectivity index is 1.48. The van der Waals surface area contributed by atoms with Crippen LogP contribution in [0.5, 0.6) is 0 Å². The van der Waals surface area contributed by atoms with Gasteiger partial charge in [0.25, 0.3) is 0 Å². The standard InChI is InChI=1S/C19H19FN6O/c20-15-5-3-4-14(8-15)9-18(27)24-16-10-23-26(12-16)19-17(11-21-13-22-19)25-6-1-2-7-25/h3-5,8,10-13H,1-2,6-7,9H2,(H,24,27). The predicted octanol–water partition coefficient (Wildman–Crippen LogP) is 2.58. The van der Waals surface area contributed by atoms with Crippen LogP contribution in [0.3, 0.4) is 0 Å². The van der Waals surface area contributed by atoms with Gasteiger partial charge in [-0.05, 0) is 30.5 Å². The zero-order valence-corrected chi connectivity index (χ0v) is 14.7. The molecule has 138 valence electrons. The van der Waals surface area contributed by atoms with Gasteiger partial charge in [0.15, 0.2) is 5.82 Å². The molecule has 1 aromatic carbocycles. The predicted molar refractivity (Wildman–Crippen MR) is 99.3 cm³/mol. The molecule has 1 aliphatic rings. The van der Waals surface area contributed by atoms with Gasteiger partial charge in [0.1, 0.15) is 17.8 Å². The van der Waals surface area contributed by atoms with E-state index in [0.717, 1.165) is 31.6 Å². The highest BCUT2D eigenvalue weighted by Crippen LogP contribution is 2.25. The average Bonchev–Trinajstić information content (AvgIpc) is 3.33. The Kier molecular flexibility index (Phi) is 4.78. The normalized spacial score (nSPS) is 13.7. The van der Waals surface area contributed by atoms with Crippen LogP contribution in [0.2, 0.25) is 0 Å². The minimum Gasteiger partial charge on any atom is -0.367 e. The first-order valence-electron chi connectivity index (χ1n) is 8.83. The molecule has 2 aromatic heterocycles. The van der Waals surface area contributed by atoms with E-state index < -0.39 is 0 Å². The van der Waals surface area contributed by atoms with E-state index in [1.807, 2.05) is 0 Å². The first-order chi connectivity index (χ1) is 13.2. The van der Waals surface area contributed by atoms with Gasteiger partial charge >= 0.3 is 0 Å². The molecule has 4 rings (SSSR count). The lowest BCUT2D eigenvalue weighted by molar-refractivity contribution is -0.115. The number of hydrogen-bond acceptors (Lipinski definition) is 5. The third-order valence-corrected chi connectivity index (χ3v) is 4.46. The smallest absolute Gasteiger partial charge is 0.228 e. The Hall–Kier alpha value is -3.29. The first kappa shape index (κ1) is 17.1. The molecule has 1 saturated heterocycles. The molecule has 0 unspecified atom stereocenters. The van der Waals surface area contributed by atoms with Gasteiger partial charge in [-0.2, -0.15) is 5.10 Å². The van der Waals surface area contributed by atoms with Gasteiger partial charge in [0, 0.05) is 13.1 Å². The van der Waals surface area contributed by atoms with Gasteiger partial charge in [-0.1, -0.05) is 12.1 Å². The summed E-state index contributed by atoms with van der Waals surface area (Å²) in [5, 5.41) is 7.11. The quantitative estimate of drug-likeness (QED) is 0.751. The summed E-state index contributed by atoms with van der Waals surface area (Å²) in [6.45, 7) is 1.94. The van der Waals surface area contributed by atoms with Crippen molar-refractivity contribution in [3.8, 4) is 5.82 Å². The van der Waals surface area contributed by atoms with Gasteiger partial charge in [-0.3, -0.25) is 4.79 Å². The van der Waals surface area contributed by atoms with Crippen molar-refractivity contribution in [2.24, 2.45) is 0 Å². The molecule has 0 bridgehead atoms. The fourth-order valence-electron chi connectivity index (χ4n) is 3.21. The van der Waals surface area contributed by atoms with Crippen molar-refractivity contribution in [3.63, 3.8) is 0 Å². The van der Waals surface area contributed by atoms with E-state index in [9.17, 15) is 9.18 Å². The van der Waals surface area contributed by atoms with Gasteiger partial charge in [-0.25, -0.2) is 19.0 Å². The second-order valence-corrected chi connectivity index (χ2v) is 6.45. The Morgan fingerprint density at radius 3 is 2.89 bits per heavy atom. The van der Waals surface area contributed by atoms with Crippen LogP contribution in [0.1, 0.15) is 18.4 Å². The Bertz CT molecular complexity index is 951. The summed E-state index contributed by atoms with van der Waals surface area (Å²) in [5.41, 5.74) is 2.10. The van der Waals surface area contributed by atoms with Crippen LogP contribution in [-0.4, -0.2) is 38.7 Å². The van der Waals surface area contributed by atoms with Crippen molar-refractivity contribution in [2.45, 2.75) is 19.3 Å². The minimum absolute atomic E-state index is 0.0927. The Labute approximate surface area is 155 Å². The molecule has 0 saturated carbocycles. The van der Waals surface area contributed by atoms with Crippen LogP contribution in [0.15, 0.2) is 49.2 Å². The van der Waals surface area contributed by atoms with Crippen LogP contribution in [-0.2, 0) is 11.2 Å². The van der Waals surface area contributed by atoms with Gasteiger partial charge in [0.05, 0.1) is 30.7 Å². The zero-order valence-electron chi connectivity index (χ0n) is 14.7. The minimum atomic E-state index is -0.355. The zero-order chi connectivity index (χ0) is 18.6. The number of anilines is 2. The van der Waals surface area contributed by atoms with Crippen LogP contribution in [0.4, 0.5) is 15.8 Å². The lowest BCUT2D eigenvalue weighted by atomic mass is 10.1. The third kappa shape index (κ3) is 3.94. The molecule has 1 N–H and O–H groups in total. The molecule has 1 amide bonds. The molecule has 27 heavy (non-hydrogen) atoms. The van der Waals surface area contributed by atoms with Crippen molar-refractivity contribution in [3.05, 3.63) is 60.6 Å². The average molecular weight is 366 g/mol. The van der Waals surface area contributed by atoms with Gasteiger partial charge in [-0.15, -0.1) is 0 Å². The molecule has 0 radical (unpaired) electrons. The Morgan fingerprint density at radius 2 is 2.07 bits per heavy atom. The second kappa shape index (κ2) is 7.53. The largest absolute Gasteiger partial charge is 0.367 e. The van der Waals surface area contributed by atoms with Crippen molar-refractivity contribution < 1.29 is 9.18 Å². The lowest BCUT2D eigenvalue weighted by Crippen LogP contribution is -2.20. The van der Waals surface area contributed by atoms with Crippen molar-refractivity contribution >= 4 is 17.3 Å². The molecular weight excluding hydrogens is 347 g/mol. The van der Waals surface area contributed by atoms with Crippen LogP contribution in [0, 0.1) is 5.82 Å². The van der Waals surface area contributed by atoms with E-state index in [1.54, 1.807) is 35.4 Å². The highest BCUT2D eigenvalue weighted by atomic mass is 19.1. The topological polar surface area (TPSA) is 75.9 Å². The number of benzene rings is 1. The molecule has 3 heterocycles. The number of hydrogen-bond donors (Lipinski definition) is 1. The summed E-state index contributed by atoms with van der Waals surface area (Å²) >= 11 is 0. The summed E-state index contributed by atoms with van der Waals surface area (Å²) in [6.07, 6.45) is 8.94. The fourth-order valence-corrected chi connectivity index (χ4v) is 3.21. The van der Waals surface area contributed by atoms with E-state index in [2.05, 4.69) is 25.3 Å². The van der Waals surface area contributed by atoms with Gasteiger partial charge < -0.3 is 10.2 Å². The summed E-state index contributed by atoms with van der Waals surface area (Å²) in [6, 6.07) is 6.01. The molecular formula is C19H19FN6O. The van der Waals surface area contributed by atoms with Gasteiger partial charge in [0.2, 0.25) is 5.91 Å². The molecule has 7 nitrogen and oxygen atoms in total. The highest BCUT2D eigenvalue weighted by Gasteiger charge is 2.18. The monoisotopic (exact) mass is 366 g/mol. The first-order valence-corrected chi connectivity index (χ1v) is 8.83. The maximum Gasteiger partial charge on any atom is 0.228 e. The van der Waals surface area contributed by atoms with E-state index >= 15 is 0 Å². The summed E-state index contributed by atoms with van der Waals surface area (Å²) in [7, 11) is 0. The molecule has 0 spiro atoms. The van der Waals surface area contributed by atoms with Crippen molar-refractivity contribution in [1.82, 2.24) is 19.7 Å². The molecule has 3 aromatic rings. The number of nitrogens with one attached hydrogen (secondary N) is 1. The Morgan fingerprint density at radius 1 is 1.22 bits per heavy atom. The van der Waals surface area contributed by atoms with Crippen LogP contribution < -0.4 is 10.2 Å². The van der Waals surface area contributed by atoms with Crippen molar-refractivity contribution in [1.29, 1.82) is 0 Å². The van der Waals surface area contributed by atoms with Crippen LogP contribution >= 0.6 is 0 Å². The number of carbonyl (C=O) groups is 1. The number of rotatable bonds is 5. The summed E-state index contributed by atoms with van der Waals surface area (Å²) in [5.74, 6) is 0.0893. The number of aromatic nitrogens is 4. The summed E-state index contributed by atoms with van der Waals surface area (Å²) in [4.78, 5) is 22.9. The molecule has 8 heteroatoms.